The number of nitrogens with two attached hydrogens (primary N) is 1. The molecule has 1 aromatic heterocycles. The number of nitrogens with zero attached hydrogens (tertiary/aromatic N) is 2. The van der Waals surface area contributed by atoms with Crippen molar-refractivity contribution >= 4 is 5.91 Å². The second-order valence-corrected chi connectivity index (χ2v) is 6.13. The Hall–Kier alpha value is -2.40. The van der Waals surface area contributed by atoms with Gasteiger partial charge in [0.15, 0.2) is 0 Å². The van der Waals surface area contributed by atoms with Crippen molar-refractivity contribution in [2.45, 2.75) is 31.4 Å². The number of amides is 1. The molecule has 0 spiro atoms. The zero-order valence-electron chi connectivity index (χ0n) is 13.7. The summed E-state index contributed by atoms with van der Waals surface area (Å²) in [5.41, 5.74) is 7.20. The van der Waals surface area contributed by atoms with E-state index in [9.17, 15) is 4.79 Å². The van der Waals surface area contributed by atoms with E-state index in [2.05, 4.69) is 4.98 Å². The van der Waals surface area contributed by atoms with E-state index in [1.807, 2.05) is 47.4 Å². The van der Waals surface area contributed by atoms with Gasteiger partial charge in [-0.05, 0) is 24.1 Å². The highest BCUT2D eigenvalue weighted by molar-refractivity contribution is 5.82. The Morgan fingerprint density at radius 2 is 1.96 bits per heavy atom. The number of pyridine rings is 1. The van der Waals surface area contributed by atoms with Crippen molar-refractivity contribution in [2.24, 2.45) is 5.73 Å². The Morgan fingerprint density at radius 1 is 1.21 bits per heavy atom. The van der Waals surface area contributed by atoms with Crippen LogP contribution in [-0.4, -0.2) is 41.0 Å². The van der Waals surface area contributed by atoms with Crippen LogP contribution in [0, 0.1) is 0 Å². The molecule has 1 saturated heterocycles. The van der Waals surface area contributed by atoms with E-state index < -0.39 is 6.04 Å². The standard InChI is InChI=1S/C19H23N3O2/c20-18(13-15-5-2-1-3-6-15)19(23)22-11-8-16(9-12-22)24-17-7-4-10-21-14-17/h1-7,10,14,16,18H,8-9,11-13,20H2/t18-/m0/s1. The largest absolute Gasteiger partial charge is 0.489 e. The molecule has 0 unspecified atom stereocenters. The van der Waals surface area contributed by atoms with Crippen molar-refractivity contribution in [3.63, 3.8) is 0 Å². The van der Waals surface area contributed by atoms with E-state index in [4.69, 9.17) is 10.5 Å². The molecule has 1 aliphatic heterocycles. The van der Waals surface area contributed by atoms with Crippen LogP contribution in [0.3, 0.4) is 0 Å². The summed E-state index contributed by atoms with van der Waals surface area (Å²) < 4.78 is 5.91. The molecule has 126 valence electrons. The third kappa shape index (κ3) is 4.32. The molecule has 1 atom stereocenters. The molecule has 1 aromatic carbocycles. The number of carbonyl (C=O) groups excluding carboxylic acids is 1. The number of aromatic nitrogens is 1. The van der Waals surface area contributed by atoms with Gasteiger partial charge in [0, 0.05) is 32.1 Å². The van der Waals surface area contributed by atoms with Crippen molar-refractivity contribution in [3.8, 4) is 5.75 Å². The summed E-state index contributed by atoms with van der Waals surface area (Å²) in [5.74, 6) is 0.807. The van der Waals surface area contributed by atoms with Crippen molar-refractivity contribution in [3.05, 3.63) is 60.4 Å². The van der Waals surface area contributed by atoms with Gasteiger partial charge in [0.05, 0.1) is 12.2 Å². The van der Waals surface area contributed by atoms with Gasteiger partial charge in [0.1, 0.15) is 11.9 Å². The van der Waals surface area contributed by atoms with Crippen molar-refractivity contribution in [1.82, 2.24) is 9.88 Å². The molecule has 0 bridgehead atoms. The molecule has 24 heavy (non-hydrogen) atoms. The maximum atomic E-state index is 12.5. The molecule has 5 nitrogen and oxygen atoms in total. The minimum absolute atomic E-state index is 0.0266. The van der Waals surface area contributed by atoms with E-state index in [-0.39, 0.29) is 12.0 Å². The number of rotatable bonds is 5. The number of carbonyl (C=O) groups is 1. The molecular weight excluding hydrogens is 302 g/mol. The first-order valence-corrected chi connectivity index (χ1v) is 8.37. The lowest BCUT2D eigenvalue weighted by Crippen LogP contribution is -2.49. The van der Waals surface area contributed by atoms with E-state index in [0.717, 1.165) is 24.2 Å². The van der Waals surface area contributed by atoms with E-state index in [0.29, 0.717) is 19.5 Å². The van der Waals surface area contributed by atoms with Gasteiger partial charge in [-0.15, -0.1) is 0 Å². The number of hydrogen-bond acceptors (Lipinski definition) is 4. The summed E-state index contributed by atoms with van der Waals surface area (Å²) in [6.45, 7) is 1.37. The molecule has 0 saturated carbocycles. The van der Waals surface area contributed by atoms with Gasteiger partial charge >= 0.3 is 0 Å². The van der Waals surface area contributed by atoms with E-state index in [1.54, 1.807) is 12.4 Å². The number of benzene rings is 1. The Labute approximate surface area is 142 Å². The fraction of sp³-hybridized carbons (Fsp3) is 0.368. The van der Waals surface area contributed by atoms with Gasteiger partial charge in [-0.3, -0.25) is 9.78 Å². The predicted molar refractivity (Wildman–Crippen MR) is 92.6 cm³/mol. The van der Waals surface area contributed by atoms with Crippen molar-refractivity contribution in [2.75, 3.05) is 13.1 Å². The van der Waals surface area contributed by atoms with Crippen LogP contribution in [0.5, 0.6) is 5.75 Å². The average molecular weight is 325 g/mol. The summed E-state index contributed by atoms with van der Waals surface area (Å²) in [6, 6.07) is 13.2. The molecule has 2 aromatic rings. The van der Waals surface area contributed by atoms with Crippen LogP contribution >= 0.6 is 0 Å². The summed E-state index contributed by atoms with van der Waals surface area (Å²) in [6.07, 6.45) is 5.78. The van der Waals surface area contributed by atoms with Crippen LogP contribution in [0.1, 0.15) is 18.4 Å². The fourth-order valence-electron chi connectivity index (χ4n) is 2.99. The minimum atomic E-state index is -0.483. The van der Waals surface area contributed by atoms with Crippen LogP contribution in [0.2, 0.25) is 0 Å². The lowest BCUT2D eigenvalue weighted by molar-refractivity contribution is -0.134. The first-order chi connectivity index (χ1) is 11.7. The second-order valence-electron chi connectivity index (χ2n) is 6.13. The van der Waals surface area contributed by atoms with Gasteiger partial charge in [-0.1, -0.05) is 30.3 Å². The summed E-state index contributed by atoms with van der Waals surface area (Å²) in [4.78, 5) is 18.4. The van der Waals surface area contributed by atoms with Crippen molar-refractivity contribution in [1.29, 1.82) is 0 Å². The third-order valence-corrected chi connectivity index (χ3v) is 4.31. The highest BCUT2D eigenvalue weighted by atomic mass is 16.5. The second kappa shape index (κ2) is 7.93. The zero-order valence-corrected chi connectivity index (χ0v) is 13.7. The first kappa shape index (κ1) is 16.5. The van der Waals surface area contributed by atoms with E-state index >= 15 is 0 Å². The van der Waals surface area contributed by atoms with Crippen LogP contribution in [0.4, 0.5) is 0 Å². The minimum Gasteiger partial charge on any atom is -0.489 e. The zero-order chi connectivity index (χ0) is 16.8. The average Bonchev–Trinajstić information content (AvgIpc) is 2.63. The summed E-state index contributed by atoms with van der Waals surface area (Å²) in [7, 11) is 0. The van der Waals surface area contributed by atoms with Crippen LogP contribution in [-0.2, 0) is 11.2 Å². The summed E-state index contributed by atoms with van der Waals surface area (Å²) in [5, 5.41) is 0. The van der Waals surface area contributed by atoms with Gasteiger partial charge in [0.25, 0.3) is 0 Å². The molecule has 3 rings (SSSR count). The number of likely N-dealkylation sites (tertiary alicyclic amines) is 1. The molecule has 1 amide bonds. The van der Waals surface area contributed by atoms with Crippen molar-refractivity contribution < 1.29 is 9.53 Å². The first-order valence-electron chi connectivity index (χ1n) is 8.37. The number of ether oxygens (including phenoxy) is 1. The monoisotopic (exact) mass is 325 g/mol. The highest BCUT2D eigenvalue weighted by Gasteiger charge is 2.27. The topological polar surface area (TPSA) is 68.5 Å². The Morgan fingerprint density at radius 3 is 2.62 bits per heavy atom. The molecule has 0 radical (unpaired) electrons. The smallest absolute Gasteiger partial charge is 0.239 e. The lowest BCUT2D eigenvalue weighted by Gasteiger charge is -2.33. The maximum Gasteiger partial charge on any atom is 0.239 e. The molecular formula is C19H23N3O2. The molecule has 1 aliphatic rings. The predicted octanol–water partition coefficient (Wildman–Crippen LogP) is 2.02. The van der Waals surface area contributed by atoms with Crippen LogP contribution in [0.15, 0.2) is 54.9 Å². The normalized spacial score (nSPS) is 16.6. The lowest BCUT2D eigenvalue weighted by atomic mass is 10.0. The summed E-state index contributed by atoms with van der Waals surface area (Å²) >= 11 is 0. The quantitative estimate of drug-likeness (QED) is 0.913. The van der Waals surface area contributed by atoms with Crippen LogP contribution < -0.4 is 10.5 Å². The van der Waals surface area contributed by atoms with Gasteiger partial charge in [0.2, 0.25) is 5.91 Å². The Balaban J connectivity index is 1.48. The molecule has 1 fully saturated rings. The number of piperidine rings is 1. The third-order valence-electron chi connectivity index (χ3n) is 4.31. The number of hydrogen-bond donors (Lipinski definition) is 1. The Kier molecular flexibility index (Phi) is 5.43. The van der Waals surface area contributed by atoms with Crippen LogP contribution in [0.25, 0.3) is 0 Å². The molecule has 2 heterocycles. The van der Waals surface area contributed by atoms with Gasteiger partial charge in [-0.25, -0.2) is 0 Å². The molecule has 0 aliphatic carbocycles. The fourth-order valence-corrected chi connectivity index (χ4v) is 2.99. The Bertz CT molecular complexity index is 640. The van der Waals surface area contributed by atoms with Gasteiger partial charge in [-0.2, -0.15) is 0 Å². The highest BCUT2D eigenvalue weighted by Crippen LogP contribution is 2.18. The van der Waals surface area contributed by atoms with Gasteiger partial charge < -0.3 is 15.4 Å². The molecule has 2 N–H and O–H groups in total. The SMILES string of the molecule is N[C@@H](Cc1ccccc1)C(=O)N1CCC(Oc2cccnc2)CC1. The molecule has 5 heteroatoms. The maximum absolute atomic E-state index is 12.5. The van der Waals surface area contributed by atoms with E-state index in [1.165, 1.54) is 0 Å².